The third-order valence-electron chi connectivity index (χ3n) is 6.47. The molecule has 1 aromatic carbocycles. The molecule has 190 valence electrons. The molecule has 1 amide bonds. The standard InChI is InChI=1S/C22H22ClF3N8O2/c1-11(30-20(35)15-18(27)32-34-7-3-5-28-19(15)34)12-8-14(23)13-9-29-31-16(13)17(12)33-6-2-4-21(36,10-33)22(24,25)26/h3,5,7-9,11,36H,2,4,6,10H2,1H3,(H2,27,32)(H,29,31)(H,30,35)/t11-,21?/m1/s1. The Bertz CT molecular complexity index is 1470. The van der Waals surface area contributed by atoms with Crippen molar-refractivity contribution in [1.29, 1.82) is 0 Å². The first-order valence-electron chi connectivity index (χ1n) is 11.1. The highest BCUT2D eigenvalue weighted by molar-refractivity contribution is 6.36. The van der Waals surface area contributed by atoms with Crippen molar-refractivity contribution in [1.82, 2.24) is 30.1 Å². The predicted octanol–water partition coefficient (Wildman–Crippen LogP) is 3.23. The summed E-state index contributed by atoms with van der Waals surface area (Å²) in [6.45, 7) is 1.25. The number of nitrogen functional groups attached to an aromatic ring is 1. The molecule has 1 fully saturated rings. The van der Waals surface area contributed by atoms with Gasteiger partial charge in [-0.1, -0.05) is 11.6 Å². The minimum Gasteiger partial charge on any atom is -0.381 e. The molecule has 0 aliphatic carbocycles. The van der Waals surface area contributed by atoms with E-state index in [1.807, 2.05) is 0 Å². The first kappa shape index (κ1) is 24.1. The van der Waals surface area contributed by atoms with E-state index in [0.29, 0.717) is 27.2 Å². The van der Waals surface area contributed by atoms with Crippen LogP contribution in [0.25, 0.3) is 16.6 Å². The van der Waals surface area contributed by atoms with Gasteiger partial charge in [0, 0.05) is 29.9 Å². The number of aromatic nitrogens is 5. The van der Waals surface area contributed by atoms with E-state index in [2.05, 4.69) is 25.6 Å². The van der Waals surface area contributed by atoms with Gasteiger partial charge in [0.25, 0.3) is 5.91 Å². The van der Waals surface area contributed by atoms with E-state index in [1.54, 1.807) is 25.3 Å². The van der Waals surface area contributed by atoms with Gasteiger partial charge in [-0.2, -0.15) is 18.3 Å². The summed E-state index contributed by atoms with van der Waals surface area (Å²) in [7, 11) is 0. The number of benzene rings is 1. The van der Waals surface area contributed by atoms with Crippen LogP contribution in [0.15, 0.2) is 30.7 Å². The van der Waals surface area contributed by atoms with Gasteiger partial charge in [0.15, 0.2) is 17.1 Å². The summed E-state index contributed by atoms with van der Waals surface area (Å²) >= 11 is 6.46. The monoisotopic (exact) mass is 522 g/mol. The minimum atomic E-state index is -4.81. The van der Waals surface area contributed by atoms with E-state index in [-0.39, 0.29) is 30.0 Å². The number of rotatable bonds is 4. The number of nitrogens with zero attached hydrogens (tertiary/aromatic N) is 5. The highest BCUT2D eigenvalue weighted by Crippen LogP contribution is 2.43. The Hall–Kier alpha value is -3.58. The van der Waals surface area contributed by atoms with Gasteiger partial charge in [0.05, 0.1) is 35.0 Å². The SMILES string of the molecule is C[C@@H](NC(=O)c1c(N)nn2cccnc12)c1cc(Cl)c2cn[nH]c2c1N1CCCC(O)(C(F)(F)F)C1. The summed E-state index contributed by atoms with van der Waals surface area (Å²) in [5.41, 5.74) is 4.63. The number of hydrogen-bond acceptors (Lipinski definition) is 7. The number of piperidine rings is 1. The van der Waals surface area contributed by atoms with Gasteiger partial charge in [-0.3, -0.25) is 9.89 Å². The summed E-state index contributed by atoms with van der Waals surface area (Å²) < 4.78 is 42.4. The first-order chi connectivity index (χ1) is 17.0. The van der Waals surface area contributed by atoms with Crippen LogP contribution in [0.4, 0.5) is 24.7 Å². The van der Waals surface area contributed by atoms with E-state index in [9.17, 15) is 23.1 Å². The molecule has 10 nitrogen and oxygen atoms in total. The molecular weight excluding hydrogens is 501 g/mol. The quantitative estimate of drug-likeness (QED) is 0.323. The lowest BCUT2D eigenvalue weighted by Gasteiger charge is -2.42. The first-order valence-corrected chi connectivity index (χ1v) is 11.5. The number of aromatic amines is 1. The Kier molecular flexibility index (Phi) is 5.71. The Balaban J connectivity index is 1.55. The Morgan fingerprint density at radius 3 is 2.94 bits per heavy atom. The van der Waals surface area contributed by atoms with Gasteiger partial charge in [0.1, 0.15) is 5.56 Å². The molecule has 0 radical (unpaired) electrons. The number of anilines is 2. The number of carbonyl (C=O) groups excluding carboxylic acids is 1. The lowest BCUT2D eigenvalue weighted by molar-refractivity contribution is -0.261. The summed E-state index contributed by atoms with van der Waals surface area (Å²) in [5, 5.41) is 25.0. The molecule has 0 saturated carbocycles. The molecule has 36 heavy (non-hydrogen) atoms. The molecule has 14 heteroatoms. The van der Waals surface area contributed by atoms with Crippen LogP contribution in [0.3, 0.4) is 0 Å². The average Bonchev–Trinajstić information content (AvgIpc) is 3.42. The largest absolute Gasteiger partial charge is 0.418 e. The number of halogens is 4. The lowest BCUT2D eigenvalue weighted by atomic mass is 9.90. The number of fused-ring (bicyclic) bond motifs is 2. The number of nitrogens with two attached hydrogens (primary N) is 1. The maximum atomic E-state index is 13.7. The van der Waals surface area contributed by atoms with E-state index in [4.69, 9.17) is 17.3 Å². The maximum Gasteiger partial charge on any atom is 0.418 e. The van der Waals surface area contributed by atoms with Crippen molar-refractivity contribution in [2.75, 3.05) is 23.7 Å². The van der Waals surface area contributed by atoms with Crippen molar-refractivity contribution in [2.24, 2.45) is 0 Å². The zero-order valence-corrected chi connectivity index (χ0v) is 19.7. The van der Waals surface area contributed by atoms with Crippen molar-refractivity contribution in [2.45, 2.75) is 37.6 Å². The van der Waals surface area contributed by atoms with E-state index < -0.39 is 36.7 Å². The van der Waals surface area contributed by atoms with E-state index in [1.165, 1.54) is 21.8 Å². The van der Waals surface area contributed by atoms with Crippen LogP contribution in [0.2, 0.25) is 5.02 Å². The zero-order valence-electron chi connectivity index (χ0n) is 19.0. The van der Waals surface area contributed by atoms with Crippen molar-refractivity contribution in [3.05, 3.63) is 46.9 Å². The molecule has 4 aromatic rings. The normalized spacial score (nSPS) is 19.7. The van der Waals surface area contributed by atoms with Crippen LogP contribution < -0.4 is 16.0 Å². The summed E-state index contributed by atoms with van der Waals surface area (Å²) in [6, 6.07) is 2.49. The number of H-pyrrole nitrogens is 1. The van der Waals surface area contributed by atoms with Crippen LogP contribution in [0.1, 0.15) is 41.7 Å². The minimum absolute atomic E-state index is 0.0213. The summed E-state index contributed by atoms with van der Waals surface area (Å²) in [5.74, 6) is -0.585. The third-order valence-corrected chi connectivity index (χ3v) is 6.78. The average molecular weight is 523 g/mol. The fourth-order valence-electron chi connectivity index (χ4n) is 4.67. The van der Waals surface area contributed by atoms with Crippen molar-refractivity contribution < 1.29 is 23.1 Å². The molecule has 1 saturated heterocycles. The number of amides is 1. The van der Waals surface area contributed by atoms with Crippen LogP contribution in [-0.2, 0) is 0 Å². The van der Waals surface area contributed by atoms with Gasteiger partial charge in [-0.25, -0.2) is 9.50 Å². The highest BCUT2D eigenvalue weighted by Gasteiger charge is 2.55. The second-order valence-corrected chi connectivity index (χ2v) is 9.26. The molecule has 5 N–H and O–H groups in total. The molecule has 0 bridgehead atoms. The van der Waals surface area contributed by atoms with E-state index >= 15 is 0 Å². The predicted molar refractivity (Wildman–Crippen MR) is 127 cm³/mol. The van der Waals surface area contributed by atoms with Crippen LogP contribution in [0, 0.1) is 0 Å². The van der Waals surface area contributed by atoms with Crippen molar-refractivity contribution in [3.8, 4) is 0 Å². The smallest absolute Gasteiger partial charge is 0.381 e. The van der Waals surface area contributed by atoms with Crippen LogP contribution in [0.5, 0.6) is 0 Å². The van der Waals surface area contributed by atoms with Gasteiger partial charge in [-0.15, -0.1) is 5.10 Å². The zero-order chi connectivity index (χ0) is 25.8. The molecule has 0 spiro atoms. The Morgan fingerprint density at radius 2 is 2.19 bits per heavy atom. The molecule has 5 rings (SSSR count). The van der Waals surface area contributed by atoms with Gasteiger partial charge in [0.2, 0.25) is 0 Å². The van der Waals surface area contributed by atoms with Gasteiger partial charge < -0.3 is 21.1 Å². The highest BCUT2D eigenvalue weighted by atomic mass is 35.5. The second-order valence-electron chi connectivity index (χ2n) is 8.85. The maximum absolute atomic E-state index is 13.7. The number of alkyl halides is 3. The molecule has 1 aliphatic heterocycles. The number of hydrogen-bond donors (Lipinski definition) is 4. The molecule has 1 aliphatic rings. The number of carbonyl (C=O) groups is 1. The van der Waals surface area contributed by atoms with E-state index in [0.717, 1.165) is 0 Å². The lowest BCUT2D eigenvalue weighted by Crippen LogP contribution is -2.57. The summed E-state index contributed by atoms with van der Waals surface area (Å²) in [4.78, 5) is 18.8. The third kappa shape index (κ3) is 3.88. The van der Waals surface area contributed by atoms with Gasteiger partial charge >= 0.3 is 6.18 Å². The van der Waals surface area contributed by atoms with Crippen molar-refractivity contribution >= 4 is 45.6 Å². The topological polar surface area (TPSA) is 137 Å². The Labute approximate surface area is 207 Å². The fourth-order valence-corrected chi connectivity index (χ4v) is 4.93. The number of β-amino-alcohol motifs (C(OH)–C–C–N with tert-alkyl or cyclic N) is 1. The second kappa shape index (κ2) is 8.52. The molecule has 2 atom stereocenters. The van der Waals surface area contributed by atoms with Crippen LogP contribution >= 0.6 is 11.6 Å². The number of aliphatic hydroxyl groups is 1. The van der Waals surface area contributed by atoms with Crippen molar-refractivity contribution in [3.63, 3.8) is 0 Å². The number of nitrogens with one attached hydrogen (secondary N) is 2. The molecule has 3 aromatic heterocycles. The fraction of sp³-hybridized carbons (Fsp3) is 0.364. The molecular formula is C22H22ClF3N8O2. The van der Waals surface area contributed by atoms with Gasteiger partial charge in [-0.05, 0) is 31.9 Å². The van der Waals surface area contributed by atoms with Crippen LogP contribution in [-0.4, -0.2) is 60.7 Å². The molecule has 1 unspecified atom stereocenters. The summed E-state index contributed by atoms with van der Waals surface area (Å²) in [6.07, 6.45) is -0.535. The Morgan fingerprint density at radius 1 is 1.42 bits per heavy atom. The molecule has 4 heterocycles.